The fraction of sp³-hybridized carbons (Fsp3) is 0.545. The molecule has 0 aliphatic heterocycles. The van der Waals surface area contributed by atoms with E-state index in [9.17, 15) is 4.79 Å². The van der Waals surface area contributed by atoms with E-state index in [2.05, 4.69) is 0 Å². The van der Waals surface area contributed by atoms with E-state index in [0.29, 0.717) is 11.5 Å². The summed E-state index contributed by atoms with van der Waals surface area (Å²) in [4.78, 5) is 11.4. The van der Waals surface area contributed by atoms with Crippen LogP contribution in [-0.4, -0.2) is 17.7 Å². The highest BCUT2D eigenvalue weighted by atomic mass is 32.1. The van der Waals surface area contributed by atoms with Gasteiger partial charge in [-0.3, -0.25) is 4.79 Å². The Morgan fingerprint density at radius 1 is 1.60 bits per heavy atom. The van der Waals surface area contributed by atoms with Gasteiger partial charge in [0.05, 0.1) is 0 Å². The third kappa shape index (κ3) is 2.79. The van der Waals surface area contributed by atoms with Crippen LogP contribution in [0.4, 0.5) is 0 Å². The van der Waals surface area contributed by atoms with Crippen molar-refractivity contribution in [3.8, 4) is 5.06 Å². The van der Waals surface area contributed by atoms with E-state index in [-0.39, 0.29) is 18.0 Å². The molecule has 0 saturated heterocycles. The van der Waals surface area contributed by atoms with Gasteiger partial charge >= 0.3 is 5.97 Å². The van der Waals surface area contributed by atoms with Gasteiger partial charge in [0.2, 0.25) is 0 Å². The zero-order valence-corrected chi connectivity index (χ0v) is 9.26. The van der Waals surface area contributed by atoms with Crippen molar-refractivity contribution in [2.24, 2.45) is 5.41 Å². The Labute approximate surface area is 92.7 Å². The van der Waals surface area contributed by atoms with Gasteiger partial charge < -0.3 is 9.84 Å². The molecule has 3 nitrogen and oxygen atoms in total. The van der Waals surface area contributed by atoms with Crippen molar-refractivity contribution in [2.75, 3.05) is 6.61 Å². The Morgan fingerprint density at radius 3 is 2.93 bits per heavy atom. The van der Waals surface area contributed by atoms with E-state index in [1.807, 2.05) is 11.4 Å². The van der Waals surface area contributed by atoms with E-state index in [0.717, 1.165) is 19.3 Å². The third-order valence-corrected chi connectivity index (χ3v) is 3.61. The van der Waals surface area contributed by atoms with Crippen LogP contribution in [0.25, 0.3) is 0 Å². The third-order valence-electron chi connectivity index (χ3n) is 2.86. The number of esters is 1. The SMILES string of the molecule is O=C(CCC1(CO)CC1)Oc1cccs1. The van der Waals surface area contributed by atoms with Crippen LogP contribution in [-0.2, 0) is 4.79 Å². The molecule has 0 aromatic carbocycles. The minimum atomic E-state index is -0.197. The lowest BCUT2D eigenvalue weighted by Gasteiger charge is -2.09. The predicted molar refractivity (Wildman–Crippen MR) is 57.9 cm³/mol. The van der Waals surface area contributed by atoms with Crippen LogP contribution in [0, 0.1) is 5.41 Å². The minimum absolute atomic E-state index is 0.0362. The summed E-state index contributed by atoms with van der Waals surface area (Å²) in [5, 5.41) is 11.6. The summed E-state index contributed by atoms with van der Waals surface area (Å²) in [5.74, 6) is -0.197. The van der Waals surface area contributed by atoms with Gasteiger partial charge in [-0.15, -0.1) is 11.3 Å². The first-order chi connectivity index (χ1) is 7.24. The van der Waals surface area contributed by atoms with Gasteiger partial charge in [-0.1, -0.05) is 0 Å². The number of hydrogen-bond acceptors (Lipinski definition) is 4. The summed E-state index contributed by atoms with van der Waals surface area (Å²) in [6.45, 7) is 0.194. The van der Waals surface area contributed by atoms with E-state index >= 15 is 0 Å². The maximum absolute atomic E-state index is 11.4. The zero-order valence-electron chi connectivity index (χ0n) is 8.44. The second-order valence-electron chi connectivity index (χ2n) is 4.06. The molecule has 1 aliphatic rings. The van der Waals surface area contributed by atoms with Gasteiger partial charge in [0.15, 0.2) is 5.06 Å². The Morgan fingerprint density at radius 2 is 2.40 bits per heavy atom. The number of carbonyl (C=O) groups is 1. The molecule has 0 radical (unpaired) electrons. The molecule has 1 saturated carbocycles. The Kier molecular flexibility index (Phi) is 3.07. The molecule has 1 fully saturated rings. The molecule has 1 aromatic rings. The Bertz CT molecular complexity index is 328. The summed E-state index contributed by atoms with van der Waals surface area (Å²) in [7, 11) is 0. The molecule has 0 amide bonds. The van der Waals surface area contributed by atoms with Crippen LogP contribution >= 0.6 is 11.3 Å². The first-order valence-electron chi connectivity index (χ1n) is 5.09. The molecule has 82 valence electrons. The standard InChI is InChI=1S/C11H14O3S/c12-8-11(5-6-11)4-3-9(13)14-10-2-1-7-15-10/h1-2,7,12H,3-6,8H2. The van der Waals surface area contributed by atoms with Gasteiger partial charge in [0, 0.05) is 13.0 Å². The lowest BCUT2D eigenvalue weighted by molar-refractivity contribution is -0.134. The lowest BCUT2D eigenvalue weighted by Crippen LogP contribution is -2.13. The molecular weight excluding hydrogens is 212 g/mol. The van der Waals surface area contributed by atoms with Crippen molar-refractivity contribution in [1.29, 1.82) is 0 Å². The van der Waals surface area contributed by atoms with Crippen molar-refractivity contribution in [2.45, 2.75) is 25.7 Å². The van der Waals surface area contributed by atoms with E-state index in [4.69, 9.17) is 9.84 Å². The Balaban J connectivity index is 1.74. The zero-order chi connectivity index (χ0) is 10.7. The van der Waals surface area contributed by atoms with Crippen LogP contribution < -0.4 is 4.74 Å². The molecule has 1 N–H and O–H groups in total. The average Bonchev–Trinajstić information content (AvgIpc) is 2.86. The summed E-state index contributed by atoms with van der Waals surface area (Å²) >= 11 is 1.41. The molecule has 0 bridgehead atoms. The molecule has 1 aliphatic carbocycles. The molecule has 15 heavy (non-hydrogen) atoms. The Hall–Kier alpha value is -0.870. The summed E-state index contributed by atoms with van der Waals surface area (Å²) in [6, 6.07) is 3.63. The second-order valence-corrected chi connectivity index (χ2v) is 4.97. The van der Waals surface area contributed by atoms with Crippen molar-refractivity contribution in [3.05, 3.63) is 17.5 Å². The number of hydrogen-bond donors (Lipinski definition) is 1. The molecule has 0 unspecified atom stereocenters. The number of aliphatic hydroxyl groups excluding tert-OH is 1. The minimum Gasteiger partial charge on any atom is -0.415 e. The first kappa shape index (κ1) is 10.6. The highest BCUT2D eigenvalue weighted by Gasteiger charge is 2.41. The van der Waals surface area contributed by atoms with Gasteiger partial charge in [-0.25, -0.2) is 0 Å². The van der Waals surface area contributed by atoms with Crippen molar-refractivity contribution in [1.82, 2.24) is 0 Å². The normalized spacial score (nSPS) is 17.4. The van der Waals surface area contributed by atoms with E-state index in [1.54, 1.807) is 6.07 Å². The van der Waals surface area contributed by atoms with Crippen molar-refractivity contribution in [3.63, 3.8) is 0 Å². The lowest BCUT2D eigenvalue weighted by atomic mass is 10.0. The number of thiophene rings is 1. The number of rotatable bonds is 5. The van der Waals surface area contributed by atoms with Crippen LogP contribution in [0.2, 0.25) is 0 Å². The van der Waals surface area contributed by atoms with Gasteiger partial charge in [-0.05, 0) is 42.2 Å². The molecule has 2 rings (SSSR count). The monoisotopic (exact) mass is 226 g/mol. The van der Waals surface area contributed by atoms with Crippen LogP contribution in [0.1, 0.15) is 25.7 Å². The smallest absolute Gasteiger partial charge is 0.311 e. The molecule has 0 spiro atoms. The quantitative estimate of drug-likeness (QED) is 0.783. The van der Waals surface area contributed by atoms with Gasteiger partial charge in [-0.2, -0.15) is 0 Å². The largest absolute Gasteiger partial charge is 0.415 e. The fourth-order valence-electron chi connectivity index (χ4n) is 1.52. The topological polar surface area (TPSA) is 46.5 Å². The van der Waals surface area contributed by atoms with Gasteiger partial charge in [0.1, 0.15) is 0 Å². The van der Waals surface area contributed by atoms with E-state index < -0.39 is 0 Å². The molecule has 1 aromatic heterocycles. The second kappa shape index (κ2) is 4.33. The van der Waals surface area contributed by atoms with Crippen molar-refractivity contribution < 1.29 is 14.6 Å². The molecule has 4 heteroatoms. The van der Waals surface area contributed by atoms with Crippen LogP contribution in [0.15, 0.2) is 17.5 Å². The molecular formula is C11H14O3S. The van der Waals surface area contributed by atoms with Gasteiger partial charge in [0.25, 0.3) is 0 Å². The van der Waals surface area contributed by atoms with Crippen molar-refractivity contribution >= 4 is 17.3 Å². The summed E-state index contributed by atoms with van der Waals surface area (Å²) in [5.41, 5.74) is 0.0362. The number of aliphatic hydroxyl groups is 1. The number of carbonyl (C=O) groups excluding carboxylic acids is 1. The maximum Gasteiger partial charge on any atom is 0.311 e. The fourth-order valence-corrected chi connectivity index (χ4v) is 2.11. The predicted octanol–water partition coefficient (Wildman–Crippen LogP) is 2.21. The molecule has 0 atom stereocenters. The number of ether oxygens (including phenoxy) is 1. The summed E-state index contributed by atoms with van der Waals surface area (Å²) in [6.07, 6.45) is 3.22. The van der Waals surface area contributed by atoms with Crippen LogP contribution in [0.3, 0.4) is 0 Å². The summed E-state index contributed by atoms with van der Waals surface area (Å²) < 4.78 is 5.12. The molecule has 1 heterocycles. The maximum atomic E-state index is 11.4. The highest BCUT2D eigenvalue weighted by Crippen LogP contribution is 2.49. The average molecular weight is 226 g/mol. The van der Waals surface area contributed by atoms with E-state index in [1.165, 1.54) is 11.3 Å². The first-order valence-corrected chi connectivity index (χ1v) is 5.97. The highest BCUT2D eigenvalue weighted by molar-refractivity contribution is 7.11. The van der Waals surface area contributed by atoms with Crippen LogP contribution in [0.5, 0.6) is 5.06 Å².